The van der Waals surface area contributed by atoms with Crippen LogP contribution in [0, 0.1) is 0 Å². The van der Waals surface area contributed by atoms with Crippen molar-refractivity contribution < 1.29 is 9.90 Å². The first-order valence-electron chi connectivity index (χ1n) is 6.17. The topological polar surface area (TPSA) is 93.3 Å². The lowest BCUT2D eigenvalue weighted by Gasteiger charge is -2.05. The molecule has 106 valence electrons. The molecule has 0 aliphatic heterocycles. The molecular weight excluding hydrogens is 290 g/mol. The Labute approximate surface area is 124 Å². The number of hydrogen-bond acceptors (Lipinski definition) is 6. The molecule has 3 heterocycles. The molecule has 3 rings (SSSR count). The lowest BCUT2D eigenvalue weighted by molar-refractivity contribution is -0.136. The van der Waals surface area contributed by atoms with Crippen LogP contribution in [-0.4, -0.2) is 41.1 Å². The van der Waals surface area contributed by atoms with Crippen molar-refractivity contribution in [2.45, 2.75) is 17.2 Å². The first-order valence-corrected chi connectivity index (χ1v) is 7.05. The van der Waals surface area contributed by atoms with E-state index in [9.17, 15) is 4.79 Å². The Hall–Kier alpha value is -2.48. The second kappa shape index (κ2) is 5.49. The van der Waals surface area contributed by atoms with Gasteiger partial charge in [0, 0.05) is 18.0 Å². The summed E-state index contributed by atoms with van der Waals surface area (Å²) in [5, 5.41) is 21.6. The largest absolute Gasteiger partial charge is 0.480 e. The molecule has 3 aromatic heterocycles. The molecule has 0 fully saturated rings. The average molecular weight is 301 g/mol. The number of carbonyl (C=O) groups is 1. The number of nitrogens with zero attached hydrogens (tertiary/aromatic N) is 5. The van der Waals surface area contributed by atoms with Gasteiger partial charge in [0.1, 0.15) is 10.3 Å². The maximum atomic E-state index is 10.9. The molecule has 7 nitrogen and oxygen atoms in total. The number of aromatic nitrogens is 5. The molecule has 21 heavy (non-hydrogen) atoms. The van der Waals surface area contributed by atoms with Crippen molar-refractivity contribution in [2.75, 3.05) is 0 Å². The van der Waals surface area contributed by atoms with Gasteiger partial charge in [-0.1, -0.05) is 11.8 Å². The third kappa shape index (κ3) is 2.70. The Balaban J connectivity index is 2.02. The molecule has 0 amide bonds. The molecule has 0 radical (unpaired) electrons. The lowest BCUT2D eigenvalue weighted by Crippen LogP contribution is -2.11. The maximum absolute atomic E-state index is 10.9. The third-order valence-corrected chi connectivity index (χ3v) is 3.84. The van der Waals surface area contributed by atoms with Gasteiger partial charge in [-0.15, -0.1) is 10.2 Å². The van der Waals surface area contributed by atoms with Gasteiger partial charge in [-0.05, 0) is 31.2 Å². The molecule has 0 aliphatic rings. The highest BCUT2D eigenvalue weighted by Gasteiger charge is 2.15. The van der Waals surface area contributed by atoms with Crippen LogP contribution in [0.25, 0.3) is 17.0 Å². The minimum atomic E-state index is -0.875. The van der Waals surface area contributed by atoms with E-state index in [0.29, 0.717) is 16.5 Å². The van der Waals surface area contributed by atoms with Crippen molar-refractivity contribution in [1.82, 2.24) is 24.8 Å². The minimum absolute atomic E-state index is 0.573. The Morgan fingerprint density at radius 1 is 1.24 bits per heavy atom. The van der Waals surface area contributed by atoms with Gasteiger partial charge >= 0.3 is 5.97 Å². The number of rotatable bonds is 4. The molecular formula is C13H11N5O2S. The Morgan fingerprint density at radius 3 is 2.71 bits per heavy atom. The Bertz CT molecular complexity index is 790. The molecule has 0 spiro atoms. The van der Waals surface area contributed by atoms with Crippen LogP contribution >= 0.6 is 11.8 Å². The van der Waals surface area contributed by atoms with Gasteiger partial charge in [0.05, 0.1) is 0 Å². The van der Waals surface area contributed by atoms with Crippen LogP contribution in [0.5, 0.6) is 0 Å². The van der Waals surface area contributed by atoms with Gasteiger partial charge in [0.25, 0.3) is 0 Å². The van der Waals surface area contributed by atoms with Crippen LogP contribution in [0.1, 0.15) is 6.92 Å². The number of carboxylic acid groups (broad SMARTS) is 1. The van der Waals surface area contributed by atoms with Crippen LogP contribution in [0.3, 0.4) is 0 Å². The van der Waals surface area contributed by atoms with Crippen molar-refractivity contribution >= 4 is 23.4 Å². The van der Waals surface area contributed by atoms with Crippen molar-refractivity contribution in [3.63, 3.8) is 0 Å². The normalized spacial score (nSPS) is 12.4. The lowest BCUT2D eigenvalue weighted by atomic mass is 10.2. The first-order chi connectivity index (χ1) is 10.1. The molecule has 0 aliphatic carbocycles. The van der Waals surface area contributed by atoms with Crippen molar-refractivity contribution in [2.24, 2.45) is 0 Å². The van der Waals surface area contributed by atoms with Crippen LogP contribution < -0.4 is 0 Å². The Kier molecular flexibility index (Phi) is 3.53. The number of aliphatic carboxylic acids is 1. The summed E-state index contributed by atoms with van der Waals surface area (Å²) in [5.41, 5.74) is 1.45. The van der Waals surface area contributed by atoms with E-state index in [1.807, 2.05) is 12.1 Å². The fraction of sp³-hybridized carbons (Fsp3) is 0.154. The Morgan fingerprint density at radius 2 is 2.00 bits per heavy atom. The summed E-state index contributed by atoms with van der Waals surface area (Å²) in [7, 11) is 0. The van der Waals surface area contributed by atoms with E-state index in [0.717, 1.165) is 5.56 Å². The van der Waals surface area contributed by atoms with Crippen LogP contribution in [0.4, 0.5) is 0 Å². The summed E-state index contributed by atoms with van der Waals surface area (Å²) in [5.74, 6) is -0.280. The maximum Gasteiger partial charge on any atom is 0.316 e. The van der Waals surface area contributed by atoms with E-state index in [4.69, 9.17) is 5.11 Å². The van der Waals surface area contributed by atoms with E-state index >= 15 is 0 Å². The SMILES string of the molecule is CC(Sc1ccc2nnc(-c3ccncc3)n2n1)C(=O)O. The number of thioether (sulfide) groups is 1. The molecule has 1 N–H and O–H groups in total. The number of pyridine rings is 1. The highest BCUT2D eigenvalue weighted by molar-refractivity contribution is 8.00. The van der Waals surface area contributed by atoms with Crippen LogP contribution in [-0.2, 0) is 4.79 Å². The van der Waals surface area contributed by atoms with Crippen LogP contribution in [0.2, 0.25) is 0 Å². The van der Waals surface area contributed by atoms with Gasteiger partial charge in [0.15, 0.2) is 11.5 Å². The summed E-state index contributed by atoms with van der Waals surface area (Å²) in [4.78, 5) is 14.9. The summed E-state index contributed by atoms with van der Waals surface area (Å²) in [6.07, 6.45) is 3.34. The predicted molar refractivity (Wildman–Crippen MR) is 77.0 cm³/mol. The van der Waals surface area contributed by atoms with Crippen molar-refractivity contribution in [3.8, 4) is 11.4 Å². The van der Waals surface area contributed by atoms with E-state index in [1.54, 1.807) is 36.0 Å². The van der Waals surface area contributed by atoms with Crippen molar-refractivity contribution in [1.29, 1.82) is 0 Å². The fourth-order valence-corrected chi connectivity index (χ4v) is 2.49. The van der Waals surface area contributed by atoms with Gasteiger partial charge < -0.3 is 5.11 Å². The summed E-state index contributed by atoms with van der Waals surface area (Å²) in [6.45, 7) is 1.62. The molecule has 0 aromatic carbocycles. The molecule has 1 atom stereocenters. The summed E-state index contributed by atoms with van der Waals surface area (Å²) < 4.78 is 1.60. The van der Waals surface area contributed by atoms with Gasteiger partial charge in [-0.2, -0.15) is 9.61 Å². The minimum Gasteiger partial charge on any atom is -0.480 e. The van der Waals surface area contributed by atoms with Gasteiger partial charge in [0.2, 0.25) is 0 Å². The van der Waals surface area contributed by atoms with Gasteiger partial charge in [-0.25, -0.2) is 0 Å². The number of hydrogen-bond donors (Lipinski definition) is 1. The van der Waals surface area contributed by atoms with E-state index in [1.165, 1.54) is 11.8 Å². The molecule has 3 aromatic rings. The van der Waals surface area contributed by atoms with Crippen LogP contribution in [0.15, 0.2) is 41.7 Å². The fourth-order valence-electron chi connectivity index (χ4n) is 1.75. The van der Waals surface area contributed by atoms with E-state index < -0.39 is 11.2 Å². The van der Waals surface area contributed by atoms with Crippen molar-refractivity contribution in [3.05, 3.63) is 36.7 Å². The number of carboxylic acids is 1. The quantitative estimate of drug-likeness (QED) is 0.734. The number of fused-ring (bicyclic) bond motifs is 1. The average Bonchev–Trinajstić information content (AvgIpc) is 2.91. The summed E-state index contributed by atoms with van der Waals surface area (Å²) in [6, 6.07) is 7.14. The third-order valence-electron chi connectivity index (χ3n) is 2.82. The summed E-state index contributed by atoms with van der Waals surface area (Å²) >= 11 is 1.17. The molecule has 0 saturated carbocycles. The first kappa shape index (κ1) is 13.5. The van der Waals surface area contributed by atoms with Gasteiger partial charge in [-0.3, -0.25) is 9.78 Å². The van der Waals surface area contributed by atoms with E-state index in [-0.39, 0.29) is 0 Å². The zero-order chi connectivity index (χ0) is 14.8. The zero-order valence-electron chi connectivity index (χ0n) is 11.0. The predicted octanol–water partition coefficient (Wildman–Crippen LogP) is 1.75. The highest BCUT2D eigenvalue weighted by atomic mass is 32.2. The molecule has 0 bridgehead atoms. The second-order valence-electron chi connectivity index (χ2n) is 4.30. The monoisotopic (exact) mass is 301 g/mol. The molecule has 8 heteroatoms. The van der Waals surface area contributed by atoms with E-state index in [2.05, 4.69) is 20.3 Å². The second-order valence-corrected chi connectivity index (χ2v) is 5.66. The highest BCUT2D eigenvalue weighted by Crippen LogP contribution is 2.23. The zero-order valence-corrected chi connectivity index (χ0v) is 11.9. The molecule has 1 unspecified atom stereocenters. The standard InChI is InChI=1S/C13H11N5O2S/c1-8(13(19)20)21-11-3-2-10-15-16-12(18(10)17-11)9-4-6-14-7-5-9/h2-8H,1H3,(H,19,20). The molecule has 0 saturated heterocycles. The smallest absolute Gasteiger partial charge is 0.316 e.